The molecule has 0 unspecified atom stereocenters. The Balaban J connectivity index is 2.34. The van der Waals surface area contributed by atoms with E-state index in [4.69, 9.17) is 14.2 Å². The van der Waals surface area contributed by atoms with Gasteiger partial charge in [-0.25, -0.2) is 0 Å². The lowest BCUT2D eigenvalue weighted by atomic mass is 10.3. The number of hydrogen-bond donors (Lipinski definition) is 1. The quantitative estimate of drug-likeness (QED) is 0.899. The second kappa shape index (κ2) is 5.31. The van der Waals surface area contributed by atoms with E-state index >= 15 is 0 Å². The minimum absolute atomic E-state index is 0.0362. The molecule has 4 nitrogen and oxygen atoms in total. The van der Waals surface area contributed by atoms with Crippen LogP contribution in [-0.2, 0) is 0 Å². The molecule has 0 aliphatic carbocycles. The molecule has 0 aliphatic heterocycles. The van der Waals surface area contributed by atoms with Crippen molar-refractivity contribution in [1.82, 2.24) is 0 Å². The van der Waals surface area contributed by atoms with Gasteiger partial charge in [0, 0.05) is 0 Å². The highest BCUT2D eigenvalue weighted by atomic mass is 16.5. The second-order valence-corrected chi connectivity index (χ2v) is 3.56. The predicted molar refractivity (Wildman–Crippen MR) is 67.7 cm³/mol. The number of rotatable bonds is 4. The summed E-state index contributed by atoms with van der Waals surface area (Å²) in [6.45, 7) is 0. The van der Waals surface area contributed by atoms with Gasteiger partial charge in [0.25, 0.3) is 0 Å². The third-order valence-corrected chi connectivity index (χ3v) is 2.47. The molecule has 0 fully saturated rings. The van der Waals surface area contributed by atoms with E-state index in [0.717, 1.165) is 0 Å². The maximum absolute atomic E-state index is 9.92. The van der Waals surface area contributed by atoms with E-state index in [-0.39, 0.29) is 5.75 Å². The molecule has 0 saturated carbocycles. The largest absolute Gasteiger partial charge is 0.502 e. The van der Waals surface area contributed by atoms with Crippen molar-refractivity contribution in [3.8, 4) is 28.7 Å². The molecule has 94 valence electrons. The highest BCUT2D eigenvalue weighted by Crippen LogP contribution is 2.40. The molecule has 0 aliphatic rings. The van der Waals surface area contributed by atoms with Crippen LogP contribution in [0.3, 0.4) is 0 Å². The van der Waals surface area contributed by atoms with E-state index in [9.17, 15) is 5.11 Å². The molecule has 1 N–H and O–H groups in total. The molecule has 4 heteroatoms. The fraction of sp³-hybridized carbons (Fsp3) is 0.143. The van der Waals surface area contributed by atoms with Crippen LogP contribution in [0.1, 0.15) is 0 Å². The van der Waals surface area contributed by atoms with Crippen LogP contribution < -0.4 is 14.2 Å². The van der Waals surface area contributed by atoms with Crippen LogP contribution in [0.25, 0.3) is 0 Å². The Morgan fingerprint density at radius 3 is 1.94 bits per heavy atom. The first-order chi connectivity index (χ1) is 8.76. The normalized spacial score (nSPS) is 9.89. The zero-order chi connectivity index (χ0) is 13.0. The maximum atomic E-state index is 9.92. The Hall–Kier alpha value is -2.36. The van der Waals surface area contributed by atoms with Crippen LogP contribution in [0.4, 0.5) is 0 Å². The van der Waals surface area contributed by atoms with Crippen molar-refractivity contribution in [3.05, 3.63) is 42.5 Å². The van der Waals surface area contributed by atoms with Gasteiger partial charge in [0.05, 0.1) is 14.2 Å². The van der Waals surface area contributed by atoms with Gasteiger partial charge in [-0.3, -0.25) is 0 Å². The van der Waals surface area contributed by atoms with Gasteiger partial charge in [-0.05, 0) is 24.3 Å². The Labute approximate surface area is 105 Å². The first kappa shape index (κ1) is 12.1. The van der Waals surface area contributed by atoms with Gasteiger partial charge in [0.1, 0.15) is 0 Å². The van der Waals surface area contributed by atoms with E-state index in [1.807, 2.05) is 12.1 Å². The molecule has 2 aromatic rings. The lowest BCUT2D eigenvalue weighted by Crippen LogP contribution is -1.91. The van der Waals surface area contributed by atoms with E-state index in [1.165, 1.54) is 7.11 Å². The summed E-state index contributed by atoms with van der Waals surface area (Å²) in [5.41, 5.74) is 0. The third kappa shape index (κ3) is 2.32. The fourth-order valence-corrected chi connectivity index (χ4v) is 1.57. The molecule has 0 heterocycles. The van der Waals surface area contributed by atoms with E-state index in [0.29, 0.717) is 23.0 Å². The highest BCUT2D eigenvalue weighted by Gasteiger charge is 2.11. The Bertz CT molecular complexity index is 537. The van der Waals surface area contributed by atoms with Gasteiger partial charge in [-0.1, -0.05) is 18.2 Å². The number of hydrogen-bond acceptors (Lipinski definition) is 4. The minimum atomic E-state index is -0.0362. The minimum Gasteiger partial charge on any atom is -0.502 e. The molecular formula is C14H14O4. The Kier molecular flexibility index (Phi) is 3.57. The first-order valence-electron chi connectivity index (χ1n) is 5.43. The Morgan fingerprint density at radius 2 is 1.28 bits per heavy atom. The van der Waals surface area contributed by atoms with Crippen molar-refractivity contribution < 1.29 is 19.3 Å². The van der Waals surface area contributed by atoms with Gasteiger partial charge in [-0.2, -0.15) is 0 Å². The number of aromatic hydroxyl groups is 1. The fourth-order valence-electron chi connectivity index (χ4n) is 1.57. The van der Waals surface area contributed by atoms with Crippen molar-refractivity contribution in [2.75, 3.05) is 14.2 Å². The topological polar surface area (TPSA) is 47.9 Å². The molecule has 0 saturated heterocycles. The average Bonchev–Trinajstić information content (AvgIpc) is 2.42. The van der Waals surface area contributed by atoms with Crippen LogP contribution >= 0.6 is 0 Å². The summed E-state index contributed by atoms with van der Waals surface area (Å²) in [5.74, 6) is 1.77. The van der Waals surface area contributed by atoms with Crippen LogP contribution in [0.15, 0.2) is 42.5 Å². The highest BCUT2D eigenvalue weighted by molar-refractivity contribution is 5.53. The zero-order valence-corrected chi connectivity index (χ0v) is 10.2. The molecule has 0 bridgehead atoms. The van der Waals surface area contributed by atoms with Crippen molar-refractivity contribution in [3.63, 3.8) is 0 Å². The third-order valence-electron chi connectivity index (χ3n) is 2.47. The number of para-hydroxylation sites is 3. The summed E-state index contributed by atoms with van der Waals surface area (Å²) >= 11 is 0. The number of benzene rings is 2. The molecule has 0 radical (unpaired) electrons. The maximum Gasteiger partial charge on any atom is 0.201 e. The van der Waals surface area contributed by atoms with Crippen molar-refractivity contribution >= 4 is 0 Å². The summed E-state index contributed by atoms with van der Waals surface area (Å²) in [6, 6.07) is 12.3. The summed E-state index contributed by atoms with van der Waals surface area (Å²) < 4.78 is 15.8. The molecule has 2 rings (SSSR count). The predicted octanol–water partition coefficient (Wildman–Crippen LogP) is 3.20. The van der Waals surface area contributed by atoms with Crippen LogP contribution in [-0.4, -0.2) is 19.3 Å². The lowest BCUT2D eigenvalue weighted by Gasteiger charge is -2.12. The summed E-state index contributed by atoms with van der Waals surface area (Å²) in [7, 11) is 3.05. The molecular weight excluding hydrogens is 232 g/mol. The standard InChI is InChI=1S/C14H14O4/c1-16-10-6-3-4-7-11(10)18-13-9-5-8-12(17-2)14(13)15/h3-9,15H,1-2H3. The number of phenolic OH excluding ortho intramolecular Hbond substituents is 1. The SMILES string of the molecule is COc1ccccc1Oc1cccc(OC)c1O. The summed E-state index contributed by atoms with van der Waals surface area (Å²) in [6.07, 6.45) is 0. The van der Waals surface area contributed by atoms with Gasteiger partial charge in [0.2, 0.25) is 5.75 Å². The number of methoxy groups -OCH3 is 2. The van der Waals surface area contributed by atoms with E-state index in [2.05, 4.69) is 0 Å². The van der Waals surface area contributed by atoms with Crippen molar-refractivity contribution in [2.45, 2.75) is 0 Å². The van der Waals surface area contributed by atoms with Crippen LogP contribution in [0, 0.1) is 0 Å². The van der Waals surface area contributed by atoms with Crippen LogP contribution in [0.5, 0.6) is 28.7 Å². The number of phenols is 1. The molecule has 18 heavy (non-hydrogen) atoms. The summed E-state index contributed by atoms with van der Waals surface area (Å²) in [5, 5.41) is 9.92. The molecule has 0 amide bonds. The van der Waals surface area contributed by atoms with Gasteiger partial charge in [0.15, 0.2) is 23.0 Å². The van der Waals surface area contributed by atoms with Crippen LogP contribution in [0.2, 0.25) is 0 Å². The first-order valence-corrected chi connectivity index (χ1v) is 5.43. The van der Waals surface area contributed by atoms with Crippen molar-refractivity contribution in [2.24, 2.45) is 0 Å². The summed E-state index contributed by atoms with van der Waals surface area (Å²) in [4.78, 5) is 0. The molecule has 0 atom stereocenters. The van der Waals surface area contributed by atoms with Gasteiger partial charge < -0.3 is 19.3 Å². The smallest absolute Gasteiger partial charge is 0.201 e. The lowest BCUT2D eigenvalue weighted by molar-refractivity contribution is 0.344. The van der Waals surface area contributed by atoms with E-state index in [1.54, 1.807) is 37.4 Å². The Morgan fingerprint density at radius 1 is 0.722 bits per heavy atom. The van der Waals surface area contributed by atoms with Gasteiger partial charge in [-0.15, -0.1) is 0 Å². The zero-order valence-electron chi connectivity index (χ0n) is 10.2. The number of ether oxygens (including phenoxy) is 3. The average molecular weight is 246 g/mol. The molecule has 0 aromatic heterocycles. The van der Waals surface area contributed by atoms with Crippen molar-refractivity contribution in [1.29, 1.82) is 0 Å². The monoisotopic (exact) mass is 246 g/mol. The second-order valence-electron chi connectivity index (χ2n) is 3.56. The van der Waals surface area contributed by atoms with Gasteiger partial charge >= 0.3 is 0 Å². The molecule has 0 spiro atoms. The van der Waals surface area contributed by atoms with E-state index < -0.39 is 0 Å². The molecule has 2 aromatic carbocycles.